The van der Waals surface area contributed by atoms with Crippen LogP contribution in [0.5, 0.6) is 0 Å². The second kappa shape index (κ2) is 15.6. The maximum absolute atomic E-state index is 12.3. The molecule has 1 heterocycles. The molecule has 0 unspecified atom stereocenters. The highest BCUT2D eigenvalue weighted by atomic mass is 32.2. The number of benzene rings is 2. The minimum atomic E-state index is -4.87. The molecule has 16 nitrogen and oxygen atoms in total. The molecule has 1 aromatic heterocycles. The number of pyridine rings is 1. The normalized spacial score (nSPS) is 12.2. The van der Waals surface area contributed by atoms with E-state index in [1.807, 2.05) is 13.0 Å². The number of rotatable bonds is 16. The molecule has 3 aromatic rings. The number of azo groups is 2. The molecule has 0 radical (unpaired) electrons. The monoisotopic (exact) mass is 702 g/mol. The van der Waals surface area contributed by atoms with E-state index in [4.69, 9.17) is 4.55 Å². The van der Waals surface area contributed by atoms with E-state index in [-0.39, 0.29) is 62.7 Å². The van der Waals surface area contributed by atoms with E-state index in [0.717, 1.165) is 36.4 Å². The Hall–Kier alpha value is -4.87. The molecule has 0 saturated heterocycles. The third-order valence-electron chi connectivity index (χ3n) is 6.18. The average molecular weight is 703 g/mol. The fraction of sp³-hybridized carbons (Fsp3) is 0.214. The van der Waals surface area contributed by atoms with E-state index in [9.17, 15) is 35.1 Å². The second-order valence-electron chi connectivity index (χ2n) is 9.50. The zero-order chi connectivity index (χ0) is 34.8. The Morgan fingerprint density at radius 2 is 1.51 bits per heavy atom. The van der Waals surface area contributed by atoms with Crippen LogP contribution in [0.25, 0.3) is 6.08 Å². The van der Waals surface area contributed by atoms with Gasteiger partial charge < -0.3 is 10.6 Å². The van der Waals surface area contributed by atoms with Crippen molar-refractivity contribution in [3.8, 4) is 6.07 Å². The molecule has 0 spiro atoms. The lowest BCUT2D eigenvalue weighted by Gasteiger charge is -2.15. The third kappa shape index (κ3) is 10.1. The Kier molecular flexibility index (Phi) is 12.2. The number of unbranched alkanes of at least 4 members (excludes halogenated alkanes) is 1. The number of sulfone groups is 1. The number of aromatic nitrogens is 1. The van der Waals surface area contributed by atoms with E-state index in [1.54, 1.807) is 0 Å². The van der Waals surface area contributed by atoms with Gasteiger partial charge in [-0.05, 0) is 48.9 Å². The highest BCUT2D eigenvalue weighted by Gasteiger charge is 2.21. The van der Waals surface area contributed by atoms with Crippen LogP contribution in [0.3, 0.4) is 0 Å². The summed E-state index contributed by atoms with van der Waals surface area (Å²) in [6, 6.07) is 10.2. The van der Waals surface area contributed by atoms with Gasteiger partial charge >= 0.3 is 0 Å². The zero-order valence-electron chi connectivity index (χ0n) is 24.9. The molecule has 19 heteroatoms. The van der Waals surface area contributed by atoms with Crippen molar-refractivity contribution in [3.05, 3.63) is 72.2 Å². The summed E-state index contributed by atoms with van der Waals surface area (Å²) in [7, 11) is -12.8. The van der Waals surface area contributed by atoms with Gasteiger partial charge in [0.05, 0.1) is 22.0 Å². The first kappa shape index (κ1) is 36.6. The van der Waals surface area contributed by atoms with Crippen molar-refractivity contribution in [2.75, 3.05) is 29.5 Å². The van der Waals surface area contributed by atoms with Crippen LogP contribution in [0, 0.1) is 11.3 Å². The molecule has 0 aliphatic carbocycles. The summed E-state index contributed by atoms with van der Waals surface area (Å²) in [6.45, 7) is 9.35. The lowest BCUT2D eigenvalue weighted by molar-refractivity contribution is 0.481. The summed E-state index contributed by atoms with van der Waals surface area (Å²) < 4.78 is 89.7. The Balaban J connectivity index is 2.06. The number of hydrogen-bond donors (Lipinski definition) is 4. The van der Waals surface area contributed by atoms with Crippen LogP contribution >= 0.6 is 0 Å². The number of anilines is 2. The van der Waals surface area contributed by atoms with Gasteiger partial charge in [-0.3, -0.25) is 9.11 Å². The molecular formula is C28H30N8O8S3. The van der Waals surface area contributed by atoms with Crippen molar-refractivity contribution < 1.29 is 34.4 Å². The predicted octanol–water partition coefficient (Wildman–Crippen LogP) is 6.10. The minimum Gasteiger partial charge on any atom is -0.368 e. The van der Waals surface area contributed by atoms with E-state index >= 15 is 0 Å². The van der Waals surface area contributed by atoms with Crippen LogP contribution in [0.4, 0.5) is 34.4 Å². The number of nitrogens with one attached hydrogen (secondary N) is 2. The van der Waals surface area contributed by atoms with Gasteiger partial charge in [0.15, 0.2) is 15.7 Å². The number of nitriles is 1. The Morgan fingerprint density at radius 3 is 2.09 bits per heavy atom. The average Bonchev–Trinajstić information content (AvgIpc) is 3.02. The molecular weight excluding hydrogens is 673 g/mol. The molecule has 47 heavy (non-hydrogen) atoms. The van der Waals surface area contributed by atoms with Crippen molar-refractivity contribution in [2.24, 2.45) is 20.5 Å². The Morgan fingerprint density at radius 1 is 0.872 bits per heavy atom. The minimum absolute atomic E-state index is 0.0218. The molecule has 0 aliphatic rings. The second-order valence-corrected chi connectivity index (χ2v) is 14.4. The fourth-order valence-corrected chi connectivity index (χ4v) is 5.47. The third-order valence-corrected chi connectivity index (χ3v) is 9.21. The quantitative estimate of drug-likeness (QED) is 0.0750. The van der Waals surface area contributed by atoms with Crippen LogP contribution in [-0.2, 0) is 30.1 Å². The van der Waals surface area contributed by atoms with Crippen molar-refractivity contribution >= 4 is 70.5 Å². The van der Waals surface area contributed by atoms with E-state index in [0.29, 0.717) is 6.54 Å². The van der Waals surface area contributed by atoms with Gasteiger partial charge in [0.1, 0.15) is 33.7 Å². The molecule has 3 rings (SSSR count). The fourth-order valence-electron chi connectivity index (χ4n) is 3.80. The molecule has 4 N–H and O–H groups in total. The first-order valence-corrected chi connectivity index (χ1v) is 18.2. The summed E-state index contributed by atoms with van der Waals surface area (Å²) in [4.78, 5) is 3.40. The molecule has 0 aliphatic heterocycles. The molecule has 0 amide bonds. The topological polar surface area (TPSA) is 253 Å². The largest absolute Gasteiger partial charge is 0.368 e. The zero-order valence-corrected chi connectivity index (χ0v) is 27.3. The smallest absolute Gasteiger partial charge is 0.296 e. The lowest BCUT2D eigenvalue weighted by Crippen LogP contribution is -2.16. The van der Waals surface area contributed by atoms with Crippen LogP contribution in [0.15, 0.2) is 91.3 Å². The Bertz CT molecular complexity index is 2090. The highest BCUT2D eigenvalue weighted by molar-refractivity contribution is 7.94. The SMILES string of the molecule is C=Cc1c(C#N)c(NCCS(=O)(=O)C=C)nc(NCCCC)c1N=Nc1ccc(N=Nc2ccc(S(=O)(=O)O)cc2)cc1S(=O)(=O)O. The van der Waals surface area contributed by atoms with E-state index in [2.05, 4.69) is 49.2 Å². The van der Waals surface area contributed by atoms with Crippen LogP contribution in [0.1, 0.15) is 30.9 Å². The van der Waals surface area contributed by atoms with Crippen LogP contribution < -0.4 is 10.6 Å². The van der Waals surface area contributed by atoms with Gasteiger partial charge in [-0.25, -0.2) is 13.4 Å². The molecule has 2 aromatic carbocycles. The van der Waals surface area contributed by atoms with Gasteiger partial charge in [0.25, 0.3) is 20.2 Å². The first-order valence-electron chi connectivity index (χ1n) is 13.6. The first-order chi connectivity index (χ1) is 22.1. The maximum atomic E-state index is 12.3. The maximum Gasteiger partial charge on any atom is 0.296 e. The summed E-state index contributed by atoms with van der Waals surface area (Å²) in [5.74, 6) is -0.106. The summed E-state index contributed by atoms with van der Waals surface area (Å²) >= 11 is 0. The van der Waals surface area contributed by atoms with Gasteiger partial charge in [-0.2, -0.15) is 32.3 Å². The molecule has 248 valence electrons. The van der Waals surface area contributed by atoms with E-state index in [1.165, 1.54) is 30.3 Å². The van der Waals surface area contributed by atoms with Gasteiger partial charge in [-0.1, -0.05) is 32.6 Å². The van der Waals surface area contributed by atoms with Crippen LogP contribution in [0.2, 0.25) is 0 Å². The highest BCUT2D eigenvalue weighted by Crippen LogP contribution is 2.38. The molecule has 0 fully saturated rings. The van der Waals surface area contributed by atoms with Crippen LogP contribution in [-0.4, -0.2) is 58.2 Å². The number of hydrogen-bond acceptors (Lipinski definition) is 14. The Labute approximate surface area is 272 Å². The van der Waals surface area contributed by atoms with Crippen molar-refractivity contribution in [1.29, 1.82) is 5.26 Å². The summed E-state index contributed by atoms with van der Waals surface area (Å²) in [5, 5.41) is 32.7. The summed E-state index contributed by atoms with van der Waals surface area (Å²) in [6.07, 6.45) is 2.88. The molecule has 0 saturated carbocycles. The lowest BCUT2D eigenvalue weighted by atomic mass is 10.1. The molecule has 0 atom stereocenters. The van der Waals surface area contributed by atoms with Crippen molar-refractivity contribution in [3.63, 3.8) is 0 Å². The van der Waals surface area contributed by atoms with Gasteiger partial charge in [-0.15, -0.1) is 10.2 Å². The number of nitrogens with zero attached hydrogens (tertiary/aromatic N) is 6. The molecule has 0 bridgehead atoms. The standard InChI is InChI=1S/C28H30N8O8S3/c1-4-7-14-30-28-26(22(5-2)23(18-29)27(32-28)31-15-16-45(37,38)6-3)36-35-24-13-10-20(17-25(24)47(42,43)44)34-33-19-8-11-21(12-9-19)46(39,40)41/h5-6,8-13,17H,2-4,7,14-16H2,1H3,(H2,30,31,32)(H,39,40,41)(H,42,43,44). The van der Waals surface area contributed by atoms with Gasteiger partial charge in [0.2, 0.25) is 0 Å². The van der Waals surface area contributed by atoms with Crippen molar-refractivity contribution in [1.82, 2.24) is 4.98 Å². The summed E-state index contributed by atoms with van der Waals surface area (Å²) in [5.41, 5.74) is 0.0193. The van der Waals surface area contributed by atoms with Gasteiger partial charge in [0, 0.05) is 24.1 Å². The predicted molar refractivity (Wildman–Crippen MR) is 176 cm³/mol. The van der Waals surface area contributed by atoms with E-state index < -0.39 is 35.0 Å². The van der Waals surface area contributed by atoms with Crippen molar-refractivity contribution in [2.45, 2.75) is 29.6 Å².